The van der Waals surface area contributed by atoms with E-state index < -0.39 is 0 Å². The first-order chi connectivity index (χ1) is 31.2. The smallest absolute Gasteiger partial charge is 0.120 e. The van der Waals surface area contributed by atoms with Crippen LogP contribution in [0.4, 0.5) is 0 Å². The second-order valence-electron chi connectivity index (χ2n) is 18.3. The normalized spacial score (nSPS) is 12.4. The summed E-state index contributed by atoms with van der Waals surface area (Å²) in [5.41, 5.74) is 14.5. The molecule has 2 aliphatic rings. The van der Waals surface area contributed by atoms with Crippen LogP contribution in [-0.4, -0.2) is 43.8 Å². The largest absolute Gasteiger partial charge is 0.491 e. The van der Waals surface area contributed by atoms with Gasteiger partial charge in [0.2, 0.25) is 0 Å². The van der Waals surface area contributed by atoms with Crippen molar-refractivity contribution in [2.24, 2.45) is 0 Å². The van der Waals surface area contributed by atoms with Gasteiger partial charge in [0.15, 0.2) is 0 Å². The van der Waals surface area contributed by atoms with Crippen molar-refractivity contribution in [3.63, 3.8) is 0 Å². The van der Waals surface area contributed by atoms with Crippen molar-refractivity contribution in [2.75, 3.05) is 0 Å². The molecule has 9 rings (SSSR count). The third-order valence-corrected chi connectivity index (χ3v) is 10.9. The molecule has 0 atom stereocenters. The van der Waals surface area contributed by atoms with Crippen molar-refractivity contribution in [1.29, 1.82) is 0 Å². The Bertz CT molecular complexity index is 3020. The van der Waals surface area contributed by atoms with Crippen LogP contribution < -0.4 is 18.9 Å². The van der Waals surface area contributed by atoms with Crippen LogP contribution in [0.15, 0.2) is 121 Å². The van der Waals surface area contributed by atoms with E-state index in [4.69, 9.17) is 28.9 Å². The SMILES string of the molecule is CC(C)Oc1ccc(-c2c3nc(c(-c4ccc(OC(C)C)cc4)c4ccc([nH]4)c(-c4ccc(OC(C)(C)C)cc4)c4nc(c(-c5ccc(OC(C)C)cc5)c5ccc2[nH]5)C=C4)C=C3)cc1. The number of aromatic nitrogens is 4. The molecule has 0 spiro atoms. The Hall–Kier alpha value is -7.32. The Morgan fingerprint density at radius 1 is 0.354 bits per heavy atom. The highest BCUT2D eigenvalue weighted by atomic mass is 16.5. The molecule has 0 radical (unpaired) electrons. The topological polar surface area (TPSA) is 94.3 Å². The Kier molecular flexibility index (Phi) is 11.7. The molecule has 3 aromatic heterocycles. The fourth-order valence-electron chi connectivity index (χ4n) is 8.38. The molecule has 4 aromatic carbocycles. The zero-order valence-electron chi connectivity index (χ0n) is 38.6. The van der Waals surface area contributed by atoms with Crippen LogP contribution in [0.5, 0.6) is 23.0 Å². The van der Waals surface area contributed by atoms with Gasteiger partial charge in [-0.25, -0.2) is 9.97 Å². The van der Waals surface area contributed by atoms with Gasteiger partial charge in [0, 0.05) is 44.3 Å². The number of benzene rings is 4. The number of aromatic amines is 2. The number of nitrogens with zero attached hydrogens (tertiary/aromatic N) is 2. The summed E-state index contributed by atoms with van der Waals surface area (Å²) in [6.07, 6.45) is 8.63. The predicted octanol–water partition coefficient (Wildman–Crippen LogP) is 14.9. The van der Waals surface area contributed by atoms with Gasteiger partial charge in [0.05, 0.1) is 41.1 Å². The second kappa shape index (κ2) is 17.7. The molecule has 8 heteroatoms. The summed E-state index contributed by atoms with van der Waals surface area (Å²) in [5, 5.41) is 0. The van der Waals surface area contributed by atoms with Crippen molar-refractivity contribution in [3.05, 3.63) is 144 Å². The quantitative estimate of drug-likeness (QED) is 0.135. The number of hydrogen-bond acceptors (Lipinski definition) is 6. The Morgan fingerprint density at radius 2 is 0.600 bits per heavy atom. The standard InChI is InChI=1S/C57H56N4O4/c1-34(2)62-41-18-10-37(11-19-41)53-45-26-28-47(58-45)54(38-12-20-42(21-13-38)63-35(3)4)49-30-32-51(60-49)56(40-16-24-44(25-17-40)65-57(7,8)9)52-33-31-50(61-52)55(48-29-27-46(53)59-48)39-14-22-43(23-15-39)64-36(5)6/h10-36,58,61H,1-9H3. The summed E-state index contributed by atoms with van der Waals surface area (Å²) in [6, 6.07) is 41.7. The monoisotopic (exact) mass is 860 g/mol. The number of rotatable bonds is 11. The number of H-pyrrole nitrogens is 2. The first-order valence-electron chi connectivity index (χ1n) is 22.5. The third kappa shape index (κ3) is 9.48. The molecule has 328 valence electrons. The molecule has 0 unspecified atom stereocenters. The number of hydrogen-bond donors (Lipinski definition) is 2. The molecule has 8 nitrogen and oxygen atoms in total. The summed E-state index contributed by atoms with van der Waals surface area (Å²) < 4.78 is 24.5. The van der Waals surface area contributed by atoms with Gasteiger partial charge >= 0.3 is 0 Å². The van der Waals surface area contributed by atoms with Crippen LogP contribution in [0.25, 0.3) is 90.9 Å². The van der Waals surface area contributed by atoms with Crippen LogP contribution in [0.3, 0.4) is 0 Å². The molecule has 5 heterocycles. The molecule has 2 N–H and O–H groups in total. The maximum absolute atomic E-state index is 6.25. The van der Waals surface area contributed by atoms with E-state index in [1.165, 1.54) is 0 Å². The summed E-state index contributed by atoms with van der Waals surface area (Å²) >= 11 is 0. The fraction of sp³-hybridized carbons (Fsp3) is 0.228. The molecule has 2 aliphatic heterocycles. The molecule has 0 saturated heterocycles. The Labute approximate surface area is 381 Å². The van der Waals surface area contributed by atoms with Gasteiger partial charge in [-0.2, -0.15) is 0 Å². The minimum atomic E-state index is -0.332. The van der Waals surface area contributed by atoms with E-state index in [-0.39, 0.29) is 23.9 Å². The summed E-state index contributed by atoms with van der Waals surface area (Å²) in [5.74, 6) is 3.24. The van der Waals surface area contributed by atoms with E-state index >= 15 is 0 Å². The van der Waals surface area contributed by atoms with Gasteiger partial charge < -0.3 is 28.9 Å². The average molecular weight is 861 g/mol. The third-order valence-electron chi connectivity index (χ3n) is 10.9. The molecule has 0 amide bonds. The van der Waals surface area contributed by atoms with Gasteiger partial charge in [-0.15, -0.1) is 0 Å². The average Bonchev–Trinajstić information content (AvgIpc) is 4.10. The van der Waals surface area contributed by atoms with Crippen LogP contribution in [0.2, 0.25) is 0 Å². The lowest BCUT2D eigenvalue weighted by molar-refractivity contribution is 0.131. The molecule has 7 aromatic rings. The fourth-order valence-corrected chi connectivity index (χ4v) is 8.38. The zero-order valence-corrected chi connectivity index (χ0v) is 38.6. The highest BCUT2D eigenvalue weighted by Crippen LogP contribution is 2.40. The number of nitrogens with one attached hydrogen (secondary N) is 2. The van der Waals surface area contributed by atoms with Crippen molar-refractivity contribution in [2.45, 2.75) is 86.2 Å². The molecular formula is C57H56N4O4. The van der Waals surface area contributed by atoms with Gasteiger partial charge in [0.1, 0.15) is 28.6 Å². The molecule has 8 bridgehead atoms. The summed E-state index contributed by atoms with van der Waals surface area (Å²) in [7, 11) is 0. The maximum Gasteiger partial charge on any atom is 0.120 e. The van der Waals surface area contributed by atoms with Gasteiger partial charge in [0.25, 0.3) is 0 Å². The highest BCUT2D eigenvalue weighted by molar-refractivity contribution is 6.00. The summed E-state index contributed by atoms with van der Waals surface area (Å²) in [4.78, 5) is 18.7. The minimum absolute atomic E-state index is 0.0572. The number of fused-ring (bicyclic) bond motifs is 8. The van der Waals surface area contributed by atoms with Crippen LogP contribution in [0.1, 0.15) is 85.1 Å². The molecule has 65 heavy (non-hydrogen) atoms. The van der Waals surface area contributed by atoms with Crippen molar-refractivity contribution in [3.8, 4) is 67.5 Å². The van der Waals surface area contributed by atoms with E-state index in [1.54, 1.807) is 0 Å². The highest BCUT2D eigenvalue weighted by Gasteiger charge is 2.20. The maximum atomic E-state index is 6.25. The Morgan fingerprint density at radius 3 is 0.831 bits per heavy atom. The van der Waals surface area contributed by atoms with Crippen molar-refractivity contribution < 1.29 is 18.9 Å². The van der Waals surface area contributed by atoms with Crippen LogP contribution in [0, 0.1) is 0 Å². The van der Waals surface area contributed by atoms with Crippen molar-refractivity contribution in [1.82, 2.24) is 19.9 Å². The molecule has 0 fully saturated rings. The van der Waals surface area contributed by atoms with E-state index in [2.05, 4.69) is 128 Å². The first kappa shape index (κ1) is 43.0. The zero-order chi connectivity index (χ0) is 45.4. The van der Waals surface area contributed by atoms with Crippen molar-refractivity contribution >= 4 is 46.4 Å². The van der Waals surface area contributed by atoms with Crippen LogP contribution in [-0.2, 0) is 0 Å². The number of ether oxygens (including phenoxy) is 4. The Balaban J connectivity index is 1.37. The van der Waals surface area contributed by atoms with Gasteiger partial charge in [-0.05, 0) is 182 Å². The first-order valence-corrected chi connectivity index (χ1v) is 22.5. The lowest BCUT2D eigenvalue weighted by Gasteiger charge is -2.21. The lowest BCUT2D eigenvalue weighted by Crippen LogP contribution is -2.22. The van der Waals surface area contributed by atoms with E-state index in [9.17, 15) is 0 Å². The van der Waals surface area contributed by atoms with E-state index in [1.807, 2.05) is 90.1 Å². The molecule has 0 aliphatic carbocycles. The van der Waals surface area contributed by atoms with Crippen LogP contribution >= 0.6 is 0 Å². The lowest BCUT2D eigenvalue weighted by atomic mass is 10.0. The second-order valence-corrected chi connectivity index (χ2v) is 18.3. The summed E-state index contributed by atoms with van der Waals surface area (Å²) in [6.45, 7) is 18.4. The van der Waals surface area contributed by atoms with Gasteiger partial charge in [-0.1, -0.05) is 48.5 Å². The predicted molar refractivity (Wildman–Crippen MR) is 268 cm³/mol. The van der Waals surface area contributed by atoms with E-state index in [0.29, 0.717) is 0 Å². The van der Waals surface area contributed by atoms with Gasteiger partial charge in [-0.3, -0.25) is 0 Å². The molecular weight excluding hydrogens is 805 g/mol. The minimum Gasteiger partial charge on any atom is -0.491 e. The molecule has 0 saturated carbocycles. The van der Waals surface area contributed by atoms with E-state index in [0.717, 1.165) is 112 Å².